The van der Waals surface area contributed by atoms with E-state index in [1.54, 1.807) is 0 Å². The summed E-state index contributed by atoms with van der Waals surface area (Å²) in [5.41, 5.74) is 0. The number of nitrogens with zero attached hydrogens (tertiary/aromatic N) is 3. The van der Waals surface area contributed by atoms with Gasteiger partial charge < -0.3 is 10.2 Å². The smallest absolute Gasteiger partial charge is 0.211 e. The highest BCUT2D eigenvalue weighted by Gasteiger charge is 2.24. The number of hydrogen-bond donors (Lipinski definition) is 1. The summed E-state index contributed by atoms with van der Waals surface area (Å²) in [5, 5.41) is 3.38. The number of guanidine groups is 1. The molecular formula is C19H32N4O2S2. The number of aliphatic imine (C=N–C) groups is 1. The predicted octanol–water partition coefficient (Wildman–Crippen LogP) is 2.35. The molecule has 0 radical (unpaired) electrons. The van der Waals surface area contributed by atoms with Crippen molar-refractivity contribution < 1.29 is 8.42 Å². The van der Waals surface area contributed by atoms with Gasteiger partial charge in [-0.3, -0.25) is 4.99 Å². The molecule has 0 aliphatic carbocycles. The SMILES string of the molecule is CCN(CCCNC(=NC)N1CCC(CSc2ccccc2)C1)S(C)(=O)=O. The Bertz CT molecular complexity index is 695. The number of thioether (sulfide) groups is 1. The molecule has 0 aromatic heterocycles. The molecule has 152 valence electrons. The lowest BCUT2D eigenvalue weighted by Gasteiger charge is -2.23. The molecule has 1 atom stereocenters. The Kier molecular flexibility index (Phi) is 8.92. The van der Waals surface area contributed by atoms with Gasteiger partial charge >= 0.3 is 0 Å². The summed E-state index contributed by atoms with van der Waals surface area (Å²) in [4.78, 5) is 8.03. The van der Waals surface area contributed by atoms with Gasteiger partial charge in [-0.15, -0.1) is 11.8 Å². The molecule has 0 bridgehead atoms. The minimum absolute atomic E-state index is 0.514. The third kappa shape index (κ3) is 7.35. The number of hydrogen-bond acceptors (Lipinski definition) is 4. The van der Waals surface area contributed by atoms with Crippen LogP contribution in [0.1, 0.15) is 19.8 Å². The molecular weight excluding hydrogens is 380 g/mol. The van der Waals surface area contributed by atoms with Crippen LogP contribution in [0.4, 0.5) is 0 Å². The van der Waals surface area contributed by atoms with Crippen molar-refractivity contribution in [3.05, 3.63) is 30.3 Å². The van der Waals surface area contributed by atoms with E-state index in [-0.39, 0.29) is 0 Å². The van der Waals surface area contributed by atoms with Gasteiger partial charge in [-0.25, -0.2) is 12.7 Å². The molecule has 1 unspecified atom stereocenters. The van der Waals surface area contributed by atoms with Crippen molar-refractivity contribution >= 4 is 27.7 Å². The predicted molar refractivity (Wildman–Crippen MR) is 115 cm³/mol. The fraction of sp³-hybridized carbons (Fsp3) is 0.632. The Hall–Kier alpha value is -1.25. The van der Waals surface area contributed by atoms with Gasteiger partial charge in [-0.05, 0) is 30.9 Å². The summed E-state index contributed by atoms with van der Waals surface area (Å²) in [6, 6.07) is 10.5. The van der Waals surface area contributed by atoms with Crippen molar-refractivity contribution in [2.45, 2.75) is 24.7 Å². The number of benzene rings is 1. The Labute approximate surface area is 168 Å². The highest BCUT2D eigenvalue weighted by Crippen LogP contribution is 2.25. The fourth-order valence-corrected chi connectivity index (χ4v) is 5.22. The fourth-order valence-electron chi connectivity index (χ4n) is 3.24. The van der Waals surface area contributed by atoms with Crippen LogP contribution < -0.4 is 5.32 Å². The van der Waals surface area contributed by atoms with E-state index in [0.29, 0.717) is 19.0 Å². The highest BCUT2D eigenvalue weighted by molar-refractivity contribution is 7.99. The van der Waals surface area contributed by atoms with E-state index in [2.05, 4.69) is 39.5 Å². The van der Waals surface area contributed by atoms with E-state index in [0.717, 1.165) is 37.8 Å². The van der Waals surface area contributed by atoms with Crippen LogP contribution in [0.15, 0.2) is 40.2 Å². The van der Waals surface area contributed by atoms with Crippen molar-refractivity contribution in [2.24, 2.45) is 10.9 Å². The second kappa shape index (κ2) is 10.9. The Morgan fingerprint density at radius 1 is 1.37 bits per heavy atom. The van der Waals surface area contributed by atoms with Crippen LogP contribution in [0.5, 0.6) is 0 Å². The molecule has 8 heteroatoms. The lowest BCUT2D eigenvalue weighted by Crippen LogP contribution is -2.41. The zero-order chi connectivity index (χ0) is 19.7. The molecule has 1 heterocycles. The molecule has 1 aromatic carbocycles. The minimum Gasteiger partial charge on any atom is -0.356 e. The topological polar surface area (TPSA) is 65.0 Å². The Morgan fingerprint density at radius 2 is 2.11 bits per heavy atom. The summed E-state index contributed by atoms with van der Waals surface area (Å²) < 4.78 is 24.8. The molecule has 0 amide bonds. The first-order chi connectivity index (χ1) is 12.9. The third-order valence-corrected chi connectivity index (χ3v) is 7.34. The zero-order valence-electron chi connectivity index (χ0n) is 16.6. The summed E-state index contributed by atoms with van der Waals surface area (Å²) in [5.74, 6) is 2.70. The average molecular weight is 413 g/mol. The Balaban J connectivity index is 1.71. The van der Waals surface area contributed by atoms with Gasteiger partial charge in [0.2, 0.25) is 10.0 Å². The van der Waals surface area contributed by atoms with E-state index in [1.165, 1.54) is 21.9 Å². The number of nitrogens with one attached hydrogen (secondary N) is 1. The van der Waals surface area contributed by atoms with Gasteiger partial charge in [-0.2, -0.15) is 0 Å². The molecule has 0 saturated carbocycles. The molecule has 0 spiro atoms. The molecule has 1 saturated heterocycles. The first kappa shape index (κ1) is 22.0. The standard InChI is InChI=1S/C19H32N4O2S2/c1-4-23(27(3,24)25)13-8-12-21-19(20-2)22-14-11-17(15-22)16-26-18-9-6-5-7-10-18/h5-7,9-10,17H,4,8,11-16H2,1-3H3,(H,20,21). The van der Waals surface area contributed by atoms with Gasteiger partial charge in [0.15, 0.2) is 5.96 Å². The number of likely N-dealkylation sites (tertiary alicyclic amines) is 1. The molecule has 27 heavy (non-hydrogen) atoms. The van der Waals surface area contributed by atoms with Crippen LogP contribution >= 0.6 is 11.8 Å². The summed E-state index contributed by atoms with van der Waals surface area (Å²) in [6.45, 7) is 5.67. The molecule has 1 fully saturated rings. The number of sulfonamides is 1. The highest BCUT2D eigenvalue weighted by atomic mass is 32.2. The number of rotatable bonds is 9. The van der Waals surface area contributed by atoms with E-state index in [1.807, 2.05) is 31.8 Å². The summed E-state index contributed by atoms with van der Waals surface area (Å²) in [7, 11) is -1.30. The third-order valence-electron chi connectivity index (χ3n) is 4.72. The maximum atomic E-state index is 11.6. The maximum Gasteiger partial charge on any atom is 0.211 e. The van der Waals surface area contributed by atoms with Crippen molar-refractivity contribution in [3.63, 3.8) is 0 Å². The second-order valence-corrected chi connectivity index (χ2v) is 9.88. The van der Waals surface area contributed by atoms with Crippen LogP contribution in [0.3, 0.4) is 0 Å². The molecule has 1 aliphatic heterocycles. The van der Waals surface area contributed by atoms with Crippen LogP contribution in [-0.2, 0) is 10.0 Å². The van der Waals surface area contributed by atoms with E-state index >= 15 is 0 Å². The van der Waals surface area contributed by atoms with Crippen molar-refractivity contribution in [3.8, 4) is 0 Å². The molecule has 1 aliphatic rings. The van der Waals surface area contributed by atoms with Gasteiger partial charge in [0.05, 0.1) is 6.26 Å². The molecule has 6 nitrogen and oxygen atoms in total. The van der Waals surface area contributed by atoms with Crippen LogP contribution in [0.25, 0.3) is 0 Å². The van der Waals surface area contributed by atoms with Gasteiger partial charge in [0, 0.05) is 50.4 Å². The van der Waals surface area contributed by atoms with Crippen LogP contribution in [0, 0.1) is 5.92 Å². The zero-order valence-corrected chi connectivity index (χ0v) is 18.2. The molecule has 1 N–H and O–H groups in total. The first-order valence-corrected chi connectivity index (χ1v) is 12.4. The first-order valence-electron chi connectivity index (χ1n) is 9.52. The van der Waals surface area contributed by atoms with Crippen molar-refractivity contribution in [2.75, 3.05) is 51.8 Å². The van der Waals surface area contributed by atoms with Gasteiger partial charge in [0.25, 0.3) is 0 Å². The monoisotopic (exact) mass is 412 g/mol. The van der Waals surface area contributed by atoms with Crippen LogP contribution in [-0.4, -0.2) is 75.4 Å². The second-order valence-electron chi connectivity index (χ2n) is 6.81. The lowest BCUT2D eigenvalue weighted by atomic mass is 10.2. The van der Waals surface area contributed by atoms with Crippen molar-refractivity contribution in [1.82, 2.24) is 14.5 Å². The Morgan fingerprint density at radius 3 is 2.74 bits per heavy atom. The van der Waals surface area contributed by atoms with E-state index < -0.39 is 10.0 Å². The van der Waals surface area contributed by atoms with E-state index in [4.69, 9.17) is 0 Å². The largest absolute Gasteiger partial charge is 0.356 e. The summed E-state index contributed by atoms with van der Waals surface area (Å²) in [6.07, 6.45) is 3.21. The maximum absolute atomic E-state index is 11.6. The van der Waals surface area contributed by atoms with Crippen LogP contribution in [0.2, 0.25) is 0 Å². The van der Waals surface area contributed by atoms with E-state index in [9.17, 15) is 8.42 Å². The van der Waals surface area contributed by atoms with Gasteiger partial charge in [0.1, 0.15) is 0 Å². The van der Waals surface area contributed by atoms with Gasteiger partial charge in [-0.1, -0.05) is 25.1 Å². The quantitative estimate of drug-likeness (QED) is 0.292. The molecule has 1 aromatic rings. The summed E-state index contributed by atoms with van der Waals surface area (Å²) >= 11 is 1.92. The average Bonchev–Trinajstić information content (AvgIpc) is 3.11. The lowest BCUT2D eigenvalue weighted by molar-refractivity contribution is 0.420. The molecule has 2 rings (SSSR count). The normalized spacial score (nSPS) is 18.3. The van der Waals surface area contributed by atoms with Crippen molar-refractivity contribution in [1.29, 1.82) is 0 Å². The minimum atomic E-state index is -3.11.